The molecule has 23 heavy (non-hydrogen) atoms. The lowest BCUT2D eigenvalue weighted by Gasteiger charge is -2.32. The van der Waals surface area contributed by atoms with Crippen LogP contribution in [0.3, 0.4) is 0 Å². The summed E-state index contributed by atoms with van der Waals surface area (Å²) in [6.07, 6.45) is -5.28. The predicted molar refractivity (Wildman–Crippen MR) is 80.8 cm³/mol. The fraction of sp³-hybridized carbons (Fsp3) is 0.353. The van der Waals surface area contributed by atoms with Crippen molar-refractivity contribution < 1.29 is 24.8 Å². The van der Waals surface area contributed by atoms with E-state index in [0.29, 0.717) is 18.6 Å². The fourth-order valence-electron chi connectivity index (χ4n) is 2.82. The SMILES string of the molecule is O=c1cc(CCc2ccccc2)oc2c1[C@@H](O)[C@@H](O)[C@H](O)[C@H]2O. The highest BCUT2D eigenvalue weighted by Gasteiger charge is 2.43. The summed E-state index contributed by atoms with van der Waals surface area (Å²) in [5, 5.41) is 39.3. The molecule has 0 amide bonds. The van der Waals surface area contributed by atoms with Gasteiger partial charge in [0.2, 0.25) is 0 Å². The van der Waals surface area contributed by atoms with Crippen molar-refractivity contribution in [2.45, 2.75) is 37.3 Å². The van der Waals surface area contributed by atoms with E-state index in [-0.39, 0.29) is 11.3 Å². The molecule has 0 radical (unpaired) electrons. The van der Waals surface area contributed by atoms with Crippen molar-refractivity contribution in [2.24, 2.45) is 0 Å². The second-order valence-corrected chi connectivity index (χ2v) is 5.71. The summed E-state index contributed by atoms with van der Waals surface area (Å²) in [6, 6.07) is 10.9. The summed E-state index contributed by atoms with van der Waals surface area (Å²) in [7, 11) is 0. The van der Waals surface area contributed by atoms with Crippen LogP contribution in [0.1, 0.15) is 34.9 Å². The van der Waals surface area contributed by atoms with Crippen LogP contribution in [0.2, 0.25) is 0 Å². The fourth-order valence-corrected chi connectivity index (χ4v) is 2.82. The number of hydrogen-bond donors (Lipinski definition) is 4. The molecule has 4 atom stereocenters. The molecule has 6 nitrogen and oxygen atoms in total. The molecule has 3 rings (SSSR count). The van der Waals surface area contributed by atoms with Gasteiger partial charge in [-0.05, 0) is 12.0 Å². The lowest BCUT2D eigenvalue weighted by atomic mass is 9.87. The van der Waals surface area contributed by atoms with Gasteiger partial charge in [0, 0.05) is 12.5 Å². The maximum atomic E-state index is 12.2. The number of benzene rings is 1. The Balaban J connectivity index is 1.91. The van der Waals surface area contributed by atoms with Crippen molar-refractivity contribution in [2.75, 3.05) is 0 Å². The molecule has 122 valence electrons. The van der Waals surface area contributed by atoms with E-state index >= 15 is 0 Å². The maximum Gasteiger partial charge on any atom is 0.191 e. The third kappa shape index (κ3) is 2.94. The minimum absolute atomic E-state index is 0.175. The molecule has 4 N–H and O–H groups in total. The Morgan fingerprint density at radius 3 is 2.26 bits per heavy atom. The molecule has 1 aromatic carbocycles. The van der Waals surface area contributed by atoms with Crippen LogP contribution in [-0.4, -0.2) is 32.6 Å². The zero-order valence-electron chi connectivity index (χ0n) is 12.3. The summed E-state index contributed by atoms with van der Waals surface area (Å²) in [5.41, 5.74) is 0.356. The van der Waals surface area contributed by atoms with Crippen LogP contribution in [0.5, 0.6) is 0 Å². The Bertz CT molecular complexity index is 738. The minimum Gasteiger partial charge on any atom is -0.463 e. The normalized spacial score (nSPS) is 26.8. The molecule has 1 aliphatic carbocycles. The first kappa shape index (κ1) is 15.9. The highest BCUT2D eigenvalue weighted by Crippen LogP contribution is 2.35. The van der Waals surface area contributed by atoms with Gasteiger partial charge in [0.1, 0.15) is 35.9 Å². The van der Waals surface area contributed by atoms with Gasteiger partial charge in [0.25, 0.3) is 0 Å². The summed E-state index contributed by atoms with van der Waals surface area (Å²) in [4.78, 5) is 12.2. The average molecular weight is 318 g/mol. The zero-order chi connectivity index (χ0) is 16.6. The summed E-state index contributed by atoms with van der Waals surface area (Å²) in [6.45, 7) is 0. The third-order valence-corrected chi connectivity index (χ3v) is 4.13. The molecular weight excluding hydrogens is 300 g/mol. The number of fused-ring (bicyclic) bond motifs is 1. The lowest BCUT2D eigenvalue weighted by molar-refractivity contribution is -0.128. The molecule has 0 unspecified atom stereocenters. The van der Waals surface area contributed by atoms with Gasteiger partial charge in [-0.25, -0.2) is 0 Å². The van der Waals surface area contributed by atoms with Crippen LogP contribution in [0.15, 0.2) is 45.6 Å². The molecule has 0 aliphatic heterocycles. The first-order valence-corrected chi connectivity index (χ1v) is 7.42. The van der Waals surface area contributed by atoms with Crippen molar-refractivity contribution >= 4 is 0 Å². The molecule has 0 spiro atoms. The van der Waals surface area contributed by atoms with Crippen LogP contribution in [-0.2, 0) is 12.8 Å². The van der Waals surface area contributed by atoms with E-state index in [0.717, 1.165) is 5.56 Å². The van der Waals surface area contributed by atoms with Crippen molar-refractivity contribution in [1.82, 2.24) is 0 Å². The van der Waals surface area contributed by atoms with Crippen LogP contribution in [0.25, 0.3) is 0 Å². The zero-order valence-corrected chi connectivity index (χ0v) is 12.3. The molecule has 1 aliphatic rings. The largest absolute Gasteiger partial charge is 0.463 e. The summed E-state index contributed by atoms with van der Waals surface area (Å²) < 4.78 is 5.52. The van der Waals surface area contributed by atoms with E-state index in [2.05, 4.69) is 0 Å². The van der Waals surface area contributed by atoms with Gasteiger partial charge >= 0.3 is 0 Å². The molecule has 0 saturated heterocycles. The van der Waals surface area contributed by atoms with E-state index in [1.54, 1.807) is 0 Å². The maximum absolute atomic E-state index is 12.2. The van der Waals surface area contributed by atoms with Crippen LogP contribution >= 0.6 is 0 Å². The van der Waals surface area contributed by atoms with E-state index in [1.807, 2.05) is 30.3 Å². The second kappa shape index (κ2) is 6.25. The second-order valence-electron chi connectivity index (χ2n) is 5.71. The van der Waals surface area contributed by atoms with Gasteiger partial charge in [-0.1, -0.05) is 30.3 Å². The first-order valence-electron chi connectivity index (χ1n) is 7.42. The van der Waals surface area contributed by atoms with Crippen molar-refractivity contribution in [3.8, 4) is 0 Å². The van der Waals surface area contributed by atoms with E-state index in [4.69, 9.17) is 4.42 Å². The molecule has 0 saturated carbocycles. The van der Waals surface area contributed by atoms with Gasteiger partial charge < -0.3 is 24.8 Å². The van der Waals surface area contributed by atoms with Gasteiger partial charge in [-0.2, -0.15) is 0 Å². The molecule has 1 aromatic heterocycles. The topological polar surface area (TPSA) is 111 Å². The summed E-state index contributed by atoms with van der Waals surface area (Å²) >= 11 is 0. The van der Waals surface area contributed by atoms with E-state index in [9.17, 15) is 25.2 Å². The van der Waals surface area contributed by atoms with Gasteiger partial charge in [0.15, 0.2) is 5.43 Å². The van der Waals surface area contributed by atoms with Crippen LogP contribution in [0.4, 0.5) is 0 Å². The number of rotatable bonds is 3. The van der Waals surface area contributed by atoms with Gasteiger partial charge in [-0.15, -0.1) is 0 Å². The molecule has 0 fully saturated rings. The Labute approximate surface area is 132 Å². The quantitative estimate of drug-likeness (QED) is 0.644. The van der Waals surface area contributed by atoms with Crippen molar-refractivity contribution in [3.63, 3.8) is 0 Å². The lowest BCUT2D eigenvalue weighted by Crippen LogP contribution is -2.44. The van der Waals surface area contributed by atoms with Gasteiger partial charge in [0.05, 0.1) is 5.56 Å². The highest BCUT2D eigenvalue weighted by molar-refractivity contribution is 5.29. The number of aliphatic hydroxyl groups is 4. The van der Waals surface area contributed by atoms with E-state index in [1.165, 1.54) is 6.07 Å². The van der Waals surface area contributed by atoms with Crippen LogP contribution < -0.4 is 5.43 Å². The first-order chi connectivity index (χ1) is 11.0. The Morgan fingerprint density at radius 2 is 1.57 bits per heavy atom. The van der Waals surface area contributed by atoms with E-state index < -0.39 is 29.8 Å². The molecule has 6 heteroatoms. The Morgan fingerprint density at radius 1 is 0.913 bits per heavy atom. The van der Waals surface area contributed by atoms with Crippen LogP contribution in [0, 0.1) is 0 Å². The molecule has 2 aromatic rings. The van der Waals surface area contributed by atoms with Crippen molar-refractivity contribution in [1.29, 1.82) is 0 Å². The number of aliphatic hydroxyl groups excluding tert-OH is 4. The Kier molecular flexibility index (Phi) is 4.32. The average Bonchev–Trinajstić information content (AvgIpc) is 2.56. The number of aryl methyl sites for hydroxylation is 2. The minimum atomic E-state index is -1.63. The smallest absolute Gasteiger partial charge is 0.191 e. The molecule has 0 bridgehead atoms. The third-order valence-electron chi connectivity index (χ3n) is 4.13. The van der Waals surface area contributed by atoms with Gasteiger partial charge in [-0.3, -0.25) is 4.79 Å². The molecular formula is C17H18O6. The standard InChI is InChI=1S/C17H18O6/c18-11-8-10(7-6-9-4-2-1-3-5-9)23-17-12(11)13(19)14(20)15(21)16(17)22/h1-5,8,13-16,19-22H,6-7H2/t13-,14-,15+,16-/m1/s1. The highest BCUT2D eigenvalue weighted by atomic mass is 16.4. The predicted octanol–water partition coefficient (Wildman–Crippen LogP) is 0.227. The number of hydrogen-bond acceptors (Lipinski definition) is 6. The summed E-state index contributed by atoms with van der Waals surface area (Å²) in [5.74, 6) is 0.179. The molecule has 1 heterocycles. The Hall–Kier alpha value is -1.99. The monoisotopic (exact) mass is 318 g/mol. The van der Waals surface area contributed by atoms with Crippen molar-refractivity contribution in [3.05, 3.63) is 69.3 Å².